The zero-order chi connectivity index (χ0) is 17.3. The first kappa shape index (κ1) is 16.1. The predicted molar refractivity (Wildman–Crippen MR) is 93.2 cm³/mol. The minimum Gasteiger partial charge on any atom is -0.481 e. The Labute approximate surface area is 142 Å². The van der Waals surface area contributed by atoms with Crippen LogP contribution >= 0.6 is 11.3 Å². The van der Waals surface area contributed by atoms with Gasteiger partial charge in [0.2, 0.25) is 5.88 Å². The minimum absolute atomic E-state index is 0.261. The van der Waals surface area contributed by atoms with Crippen molar-refractivity contribution in [3.63, 3.8) is 0 Å². The van der Waals surface area contributed by atoms with Gasteiger partial charge in [-0.15, -0.1) is 11.3 Å². The summed E-state index contributed by atoms with van der Waals surface area (Å²) in [6.45, 7) is 2.19. The van der Waals surface area contributed by atoms with Crippen LogP contribution in [0, 0.1) is 12.3 Å². The van der Waals surface area contributed by atoms with E-state index in [4.69, 9.17) is 10.1 Å². The summed E-state index contributed by atoms with van der Waals surface area (Å²) < 4.78 is 7.66. The van der Waals surface area contributed by atoms with E-state index in [0.717, 1.165) is 15.4 Å². The number of methoxy groups -OCH3 is 1. The Kier molecular flexibility index (Phi) is 4.30. The summed E-state index contributed by atoms with van der Waals surface area (Å²) in [5.41, 5.74) is 2.44. The predicted octanol–water partition coefficient (Wildman–Crippen LogP) is 2.27. The van der Waals surface area contributed by atoms with Crippen molar-refractivity contribution in [2.45, 2.75) is 13.5 Å². The zero-order valence-corrected chi connectivity index (χ0v) is 14.4. The van der Waals surface area contributed by atoms with Gasteiger partial charge in [0.25, 0.3) is 5.91 Å². The molecule has 3 rings (SSSR count). The first-order chi connectivity index (χ1) is 11.5. The highest BCUT2D eigenvalue weighted by Crippen LogP contribution is 2.29. The van der Waals surface area contributed by atoms with Crippen LogP contribution in [0.2, 0.25) is 0 Å². The average molecular weight is 343 g/mol. The fraction of sp³-hybridized carbons (Fsp3) is 0.250. The summed E-state index contributed by atoms with van der Waals surface area (Å²) in [6, 6.07) is 5.38. The molecule has 0 atom stereocenters. The number of amides is 1. The lowest BCUT2D eigenvalue weighted by atomic mass is 10.2. The fourth-order valence-corrected chi connectivity index (χ4v) is 3.51. The number of aryl methyl sites for hydroxylation is 2. The summed E-state index contributed by atoms with van der Waals surface area (Å²) in [4.78, 5) is 21.3. The Morgan fingerprint density at radius 3 is 2.96 bits per heavy atom. The molecule has 24 heavy (non-hydrogen) atoms. The number of rotatable bonds is 5. The van der Waals surface area contributed by atoms with Crippen LogP contribution in [-0.2, 0) is 13.6 Å². The molecule has 8 heteroatoms. The van der Waals surface area contributed by atoms with E-state index in [1.54, 1.807) is 24.8 Å². The third-order valence-electron chi connectivity index (χ3n) is 3.65. The Balaban J connectivity index is 1.87. The zero-order valence-electron chi connectivity index (χ0n) is 13.6. The van der Waals surface area contributed by atoms with Gasteiger partial charge in [-0.05, 0) is 13.0 Å². The summed E-state index contributed by atoms with van der Waals surface area (Å²) in [5, 5.41) is 11.4. The topological polar surface area (TPSA) is 92.9 Å². The van der Waals surface area contributed by atoms with Crippen molar-refractivity contribution in [1.29, 1.82) is 5.41 Å². The van der Waals surface area contributed by atoms with E-state index in [-0.39, 0.29) is 12.5 Å². The van der Waals surface area contributed by atoms with Crippen LogP contribution in [0.25, 0.3) is 10.3 Å². The van der Waals surface area contributed by atoms with Gasteiger partial charge in [-0.2, -0.15) is 0 Å². The molecule has 3 aromatic heterocycles. The van der Waals surface area contributed by atoms with Gasteiger partial charge in [-0.3, -0.25) is 4.79 Å². The number of nitrogens with zero attached hydrogens (tertiary/aromatic N) is 3. The van der Waals surface area contributed by atoms with Gasteiger partial charge < -0.3 is 20.0 Å². The van der Waals surface area contributed by atoms with Gasteiger partial charge >= 0.3 is 0 Å². The van der Waals surface area contributed by atoms with E-state index in [0.29, 0.717) is 22.8 Å². The molecule has 0 bridgehead atoms. The second-order valence-corrected chi connectivity index (χ2v) is 6.41. The monoisotopic (exact) mass is 343 g/mol. The van der Waals surface area contributed by atoms with Gasteiger partial charge in [0, 0.05) is 24.9 Å². The number of aromatic nitrogens is 3. The number of fused-ring (bicyclic) bond motifs is 1. The molecular formula is C16H17N5O2S. The normalized spacial score (nSPS) is 10.8. The highest BCUT2D eigenvalue weighted by Gasteiger charge is 2.22. The van der Waals surface area contributed by atoms with Crippen molar-refractivity contribution in [2.24, 2.45) is 7.05 Å². The van der Waals surface area contributed by atoms with Gasteiger partial charge in [-0.25, -0.2) is 9.97 Å². The van der Waals surface area contributed by atoms with Crippen LogP contribution in [-0.4, -0.2) is 33.8 Å². The number of hydrogen-bond acceptors (Lipinski definition) is 6. The number of nitrogens with one attached hydrogen (secondary N) is 2. The van der Waals surface area contributed by atoms with E-state index >= 15 is 0 Å². The number of hydrogen-bond donors (Lipinski definition) is 2. The number of carbonyl (C=O) groups is 1. The number of thiazole rings is 1. The summed E-state index contributed by atoms with van der Waals surface area (Å²) in [7, 11) is 3.33. The van der Waals surface area contributed by atoms with Crippen LogP contribution in [0.15, 0.2) is 18.2 Å². The molecule has 124 valence electrons. The molecular weight excluding hydrogens is 326 g/mol. The quantitative estimate of drug-likeness (QED) is 0.695. The standard InChI is InChI=1S/C16H17N5O2S/c1-9-19-15-14(24-9)11(7-17)13(21(15)2)16(22)18-8-10-5-4-6-12(20-10)23-3/h4-7,17H,8H2,1-3H3,(H,18,22). The SMILES string of the molecule is COc1cccc(CNC(=O)c2c(C=N)c3sc(C)nc3n2C)n1. The molecule has 3 heterocycles. The Morgan fingerprint density at radius 2 is 2.25 bits per heavy atom. The summed E-state index contributed by atoms with van der Waals surface area (Å²) >= 11 is 1.48. The first-order valence-electron chi connectivity index (χ1n) is 7.29. The van der Waals surface area contributed by atoms with Gasteiger partial charge in [0.15, 0.2) is 5.65 Å². The molecule has 0 aliphatic rings. The highest BCUT2D eigenvalue weighted by molar-refractivity contribution is 7.18. The maximum absolute atomic E-state index is 12.6. The van der Waals surface area contributed by atoms with Crippen molar-refractivity contribution in [1.82, 2.24) is 19.9 Å². The van der Waals surface area contributed by atoms with Crippen LogP contribution in [0.5, 0.6) is 5.88 Å². The Morgan fingerprint density at radius 1 is 1.46 bits per heavy atom. The maximum Gasteiger partial charge on any atom is 0.269 e. The lowest BCUT2D eigenvalue weighted by Crippen LogP contribution is -2.26. The van der Waals surface area contributed by atoms with Crippen molar-refractivity contribution in [3.05, 3.63) is 40.2 Å². The number of pyridine rings is 1. The van der Waals surface area contributed by atoms with E-state index in [1.165, 1.54) is 17.6 Å². The molecule has 0 spiro atoms. The first-order valence-corrected chi connectivity index (χ1v) is 8.11. The van der Waals surface area contributed by atoms with Crippen LogP contribution in [0.4, 0.5) is 0 Å². The summed E-state index contributed by atoms with van der Waals surface area (Å²) in [5.74, 6) is 0.240. The van der Waals surface area contributed by atoms with Crippen LogP contribution in [0.3, 0.4) is 0 Å². The van der Waals surface area contributed by atoms with Crippen LogP contribution < -0.4 is 10.1 Å². The molecule has 0 unspecified atom stereocenters. The molecule has 3 aromatic rings. The molecule has 0 saturated heterocycles. The van der Waals surface area contributed by atoms with Gasteiger partial charge in [0.05, 0.1) is 29.1 Å². The van der Waals surface area contributed by atoms with Gasteiger partial charge in [-0.1, -0.05) is 6.07 Å². The summed E-state index contributed by atoms with van der Waals surface area (Å²) in [6.07, 6.45) is 1.21. The molecule has 0 saturated carbocycles. The third kappa shape index (κ3) is 2.76. The van der Waals surface area contributed by atoms with E-state index in [1.807, 2.05) is 19.1 Å². The third-order valence-corrected chi connectivity index (χ3v) is 4.64. The molecule has 0 aromatic carbocycles. The van der Waals surface area contributed by atoms with E-state index < -0.39 is 0 Å². The number of ether oxygens (including phenoxy) is 1. The Hall–Kier alpha value is -2.74. The number of carbonyl (C=O) groups excluding carboxylic acids is 1. The lowest BCUT2D eigenvalue weighted by Gasteiger charge is -2.08. The van der Waals surface area contributed by atoms with Crippen molar-refractivity contribution in [3.8, 4) is 5.88 Å². The largest absolute Gasteiger partial charge is 0.481 e. The molecule has 0 fully saturated rings. The van der Waals surface area contributed by atoms with E-state index in [9.17, 15) is 4.79 Å². The second kappa shape index (κ2) is 6.40. The fourth-order valence-electron chi connectivity index (χ4n) is 2.55. The smallest absolute Gasteiger partial charge is 0.269 e. The van der Waals surface area contributed by atoms with Crippen molar-refractivity contribution < 1.29 is 9.53 Å². The molecule has 0 radical (unpaired) electrons. The lowest BCUT2D eigenvalue weighted by molar-refractivity contribution is 0.0942. The molecule has 2 N–H and O–H groups in total. The molecule has 7 nitrogen and oxygen atoms in total. The minimum atomic E-state index is -0.261. The molecule has 0 aliphatic carbocycles. The Bertz CT molecular complexity index is 928. The van der Waals surface area contributed by atoms with Crippen molar-refractivity contribution >= 4 is 33.8 Å². The van der Waals surface area contributed by atoms with Crippen LogP contribution in [0.1, 0.15) is 26.8 Å². The molecule has 0 aliphatic heterocycles. The molecule has 1 amide bonds. The van der Waals surface area contributed by atoms with Gasteiger partial charge in [0.1, 0.15) is 5.69 Å². The maximum atomic E-state index is 12.6. The average Bonchev–Trinajstić information content (AvgIpc) is 3.09. The van der Waals surface area contributed by atoms with Crippen molar-refractivity contribution in [2.75, 3.05) is 7.11 Å². The highest BCUT2D eigenvalue weighted by atomic mass is 32.1. The van der Waals surface area contributed by atoms with E-state index in [2.05, 4.69) is 15.3 Å². The second-order valence-electron chi connectivity index (χ2n) is 5.21.